The fraction of sp³-hybridized carbons (Fsp3) is 0.235. The summed E-state index contributed by atoms with van der Waals surface area (Å²) < 4.78 is 5.53. The Morgan fingerprint density at radius 3 is 2.57 bits per heavy atom. The van der Waals surface area contributed by atoms with Gasteiger partial charge in [0.05, 0.1) is 4.92 Å². The number of nitro groups is 1. The number of benzene rings is 2. The number of nitrogens with one attached hydrogen (secondary N) is 1. The third-order valence-electron chi connectivity index (χ3n) is 3.61. The molecule has 120 valence electrons. The third kappa shape index (κ3) is 4.06. The summed E-state index contributed by atoms with van der Waals surface area (Å²) in [6, 6.07) is 9.95. The minimum absolute atomic E-state index is 0.00728. The van der Waals surface area contributed by atoms with E-state index in [4.69, 9.17) is 4.74 Å². The number of non-ortho nitro benzene ring substituents is 1. The van der Waals surface area contributed by atoms with E-state index in [0.717, 1.165) is 11.1 Å². The lowest BCUT2D eigenvalue weighted by molar-refractivity contribution is -0.384. The van der Waals surface area contributed by atoms with Crippen molar-refractivity contribution in [2.24, 2.45) is 0 Å². The first-order chi connectivity index (χ1) is 10.9. The zero-order valence-electron chi connectivity index (χ0n) is 13.3. The van der Waals surface area contributed by atoms with E-state index >= 15 is 0 Å². The van der Waals surface area contributed by atoms with Crippen molar-refractivity contribution in [3.05, 3.63) is 63.2 Å². The van der Waals surface area contributed by atoms with Crippen molar-refractivity contribution < 1.29 is 14.5 Å². The van der Waals surface area contributed by atoms with Crippen molar-refractivity contribution in [2.45, 2.75) is 20.8 Å². The van der Waals surface area contributed by atoms with Crippen LogP contribution < -0.4 is 10.1 Å². The van der Waals surface area contributed by atoms with Gasteiger partial charge in [0.15, 0.2) is 6.61 Å². The molecule has 0 atom stereocenters. The van der Waals surface area contributed by atoms with Gasteiger partial charge in [0.1, 0.15) is 5.75 Å². The Kier molecular flexibility index (Phi) is 4.95. The number of nitrogens with zero attached hydrogens (tertiary/aromatic N) is 1. The SMILES string of the molecule is Cc1cc([N+](=O)[O-])ccc1NC(=O)COc1cccc(C)c1C. The number of anilines is 1. The van der Waals surface area contributed by atoms with Crippen LogP contribution in [0.4, 0.5) is 11.4 Å². The lowest BCUT2D eigenvalue weighted by Gasteiger charge is -2.12. The van der Waals surface area contributed by atoms with E-state index in [0.29, 0.717) is 17.0 Å². The number of hydrogen-bond acceptors (Lipinski definition) is 4. The molecule has 6 nitrogen and oxygen atoms in total. The molecule has 6 heteroatoms. The summed E-state index contributed by atoms with van der Waals surface area (Å²) in [6.45, 7) is 5.49. The molecule has 0 aliphatic rings. The summed E-state index contributed by atoms with van der Waals surface area (Å²) in [7, 11) is 0. The average Bonchev–Trinajstić information content (AvgIpc) is 2.50. The third-order valence-corrected chi connectivity index (χ3v) is 3.61. The maximum Gasteiger partial charge on any atom is 0.269 e. The van der Waals surface area contributed by atoms with Gasteiger partial charge >= 0.3 is 0 Å². The minimum atomic E-state index is -0.470. The van der Waals surface area contributed by atoms with Crippen LogP contribution in [0.5, 0.6) is 5.75 Å². The highest BCUT2D eigenvalue weighted by Crippen LogP contribution is 2.22. The molecule has 1 amide bonds. The smallest absolute Gasteiger partial charge is 0.269 e. The highest BCUT2D eigenvalue weighted by Gasteiger charge is 2.11. The minimum Gasteiger partial charge on any atom is -0.483 e. The van der Waals surface area contributed by atoms with Gasteiger partial charge in [0, 0.05) is 17.8 Å². The lowest BCUT2D eigenvalue weighted by Crippen LogP contribution is -2.21. The fourth-order valence-electron chi connectivity index (χ4n) is 2.11. The maximum atomic E-state index is 12.0. The number of amides is 1. The summed E-state index contributed by atoms with van der Waals surface area (Å²) in [5.41, 5.74) is 3.23. The van der Waals surface area contributed by atoms with Crippen molar-refractivity contribution in [2.75, 3.05) is 11.9 Å². The predicted octanol–water partition coefficient (Wildman–Crippen LogP) is 3.54. The molecule has 0 saturated carbocycles. The molecule has 2 aromatic carbocycles. The second-order valence-corrected chi connectivity index (χ2v) is 5.29. The summed E-state index contributed by atoms with van der Waals surface area (Å²) in [5.74, 6) is 0.350. The molecule has 0 aliphatic heterocycles. The topological polar surface area (TPSA) is 81.5 Å². The Balaban J connectivity index is 2.00. The van der Waals surface area contributed by atoms with Crippen LogP contribution >= 0.6 is 0 Å². The highest BCUT2D eigenvalue weighted by atomic mass is 16.6. The number of carbonyl (C=O) groups is 1. The Hall–Kier alpha value is -2.89. The molecule has 0 aromatic heterocycles. The molecule has 0 aliphatic carbocycles. The monoisotopic (exact) mass is 314 g/mol. The van der Waals surface area contributed by atoms with Gasteiger partial charge in [-0.15, -0.1) is 0 Å². The maximum absolute atomic E-state index is 12.0. The molecular formula is C17H18N2O4. The zero-order valence-corrected chi connectivity index (χ0v) is 13.3. The summed E-state index contributed by atoms with van der Waals surface area (Å²) in [4.78, 5) is 22.2. The Morgan fingerprint density at radius 2 is 1.91 bits per heavy atom. The second-order valence-electron chi connectivity index (χ2n) is 5.29. The van der Waals surface area contributed by atoms with Gasteiger partial charge in [-0.1, -0.05) is 12.1 Å². The van der Waals surface area contributed by atoms with E-state index in [1.54, 1.807) is 6.92 Å². The van der Waals surface area contributed by atoms with Crippen LogP contribution in [0.15, 0.2) is 36.4 Å². The van der Waals surface area contributed by atoms with Crippen LogP contribution in [0.2, 0.25) is 0 Å². The largest absolute Gasteiger partial charge is 0.483 e. The lowest BCUT2D eigenvalue weighted by atomic mass is 10.1. The molecule has 0 fully saturated rings. The number of nitro benzene ring substituents is 1. The van der Waals surface area contributed by atoms with Crippen molar-refractivity contribution in [3.8, 4) is 5.75 Å². The van der Waals surface area contributed by atoms with Crippen molar-refractivity contribution in [1.82, 2.24) is 0 Å². The van der Waals surface area contributed by atoms with Gasteiger partial charge in [0.25, 0.3) is 11.6 Å². The van der Waals surface area contributed by atoms with Crippen LogP contribution in [-0.2, 0) is 4.79 Å². The Morgan fingerprint density at radius 1 is 1.17 bits per heavy atom. The first kappa shape index (κ1) is 16.5. The van der Waals surface area contributed by atoms with Crippen LogP contribution in [0, 0.1) is 30.9 Å². The molecule has 0 unspecified atom stereocenters. The van der Waals surface area contributed by atoms with Crippen LogP contribution in [0.3, 0.4) is 0 Å². The number of ether oxygens (including phenoxy) is 1. The summed E-state index contributed by atoms with van der Waals surface area (Å²) in [6.07, 6.45) is 0. The number of rotatable bonds is 5. The molecule has 0 bridgehead atoms. The molecule has 0 heterocycles. The molecule has 1 N–H and O–H groups in total. The van der Waals surface area contributed by atoms with E-state index in [-0.39, 0.29) is 18.2 Å². The van der Waals surface area contributed by atoms with Gasteiger partial charge in [0.2, 0.25) is 0 Å². The van der Waals surface area contributed by atoms with Gasteiger partial charge in [-0.25, -0.2) is 0 Å². The molecule has 0 spiro atoms. The van der Waals surface area contributed by atoms with Gasteiger partial charge < -0.3 is 10.1 Å². The van der Waals surface area contributed by atoms with Gasteiger partial charge in [-0.05, 0) is 49.6 Å². The van der Waals surface area contributed by atoms with E-state index < -0.39 is 4.92 Å². The van der Waals surface area contributed by atoms with Crippen LogP contribution in [0.25, 0.3) is 0 Å². The van der Waals surface area contributed by atoms with Crippen molar-refractivity contribution >= 4 is 17.3 Å². The normalized spacial score (nSPS) is 10.2. The average molecular weight is 314 g/mol. The molecular weight excluding hydrogens is 296 g/mol. The van der Waals surface area contributed by atoms with E-state index in [9.17, 15) is 14.9 Å². The molecule has 2 aromatic rings. The first-order valence-corrected chi connectivity index (χ1v) is 7.12. The van der Waals surface area contributed by atoms with E-state index in [1.807, 2.05) is 32.0 Å². The standard InChI is InChI=1S/C17H18N2O4/c1-11-5-4-6-16(13(11)3)23-10-17(20)18-15-8-7-14(19(21)22)9-12(15)2/h4-9H,10H2,1-3H3,(H,18,20). The Bertz CT molecular complexity index is 756. The molecule has 2 rings (SSSR count). The second kappa shape index (κ2) is 6.91. The molecule has 23 heavy (non-hydrogen) atoms. The van der Waals surface area contributed by atoms with Crippen LogP contribution in [-0.4, -0.2) is 17.4 Å². The number of aryl methyl sites for hydroxylation is 2. The summed E-state index contributed by atoms with van der Waals surface area (Å²) >= 11 is 0. The van der Waals surface area contributed by atoms with E-state index in [1.165, 1.54) is 18.2 Å². The quantitative estimate of drug-likeness (QED) is 0.676. The van der Waals surface area contributed by atoms with Crippen molar-refractivity contribution in [3.63, 3.8) is 0 Å². The summed E-state index contributed by atoms with van der Waals surface area (Å²) in [5, 5.41) is 13.4. The van der Waals surface area contributed by atoms with Crippen LogP contribution in [0.1, 0.15) is 16.7 Å². The number of carbonyl (C=O) groups excluding carboxylic acids is 1. The zero-order chi connectivity index (χ0) is 17.0. The van der Waals surface area contributed by atoms with Gasteiger partial charge in [-0.2, -0.15) is 0 Å². The molecule has 0 radical (unpaired) electrons. The fourth-order valence-corrected chi connectivity index (χ4v) is 2.11. The first-order valence-electron chi connectivity index (χ1n) is 7.12. The molecule has 0 saturated heterocycles. The number of hydrogen-bond donors (Lipinski definition) is 1. The van der Waals surface area contributed by atoms with Crippen molar-refractivity contribution in [1.29, 1.82) is 0 Å². The predicted molar refractivity (Wildman–Crippen MR) is 87.9 cm³/mol. The van der Waals surface area contributed by atoms with Gasteiger partial charge in [-0.3, -0.25) is 14.9 Å². The highest BCUT2D eigenvalue weighted by molar-refractivity contribution is 5.92. The van der Waals surface area contributed by atoms with E-state index in [2.05, 4.69) is 5.32 Å². The Labute approximate surface area is 134 Å².